The van der Waals surface area contributed by atoms with Crippen molar-refractivity contribution in [1.82, 2.24) is 9.13 Å². The first-order chi connectivity index (χ1) is 39.8. The SMILES string of the molecule is Cc1cc(N(c2ccc(-c3ccccc3)cc2)c2ccc3c(c2)c2ccccc2n3-c2ccccc2)ccc1[Si](C)(C)c1ccc(N(c2ccc(-c3ccccc3)cc2)c2ccc3c(c2)c2ccccc2n3-c2ccccc2)cc1C. The van der Waals surface area contributed by atoms with Crippen molar-refractivity contribution in [2.75, 3.05) is 9.80 Å². The van der Waals surface area contributed by atoms with Gasteiger partial charge in [0.1, 0.15) is 8.07 Å². The second-order valence-corrected chi connectivity index (χ2v) is 26.2. The zero-order chi connectivity index (χ0) is 54.6. The van der Waals surface area contributed by atoms with E-state index in [4.69, 9.17) is 0 Å². The van der Waals surface area contributed by atoms with Gasteiger partial charge < -0.3 is 18.9 Å². The van der Waals surface area contributed by atoms with E-state index in [9.17, 15) is 0 Å². The summed E-state index contributed by atoms with van der Waals surface area (Å²) in [5.41, 5.74) is 21.1. The van der Waals surface area contributed by atoms with Crippen molar-refractivity contribution in [3.05, 3.63) is 302 Å². The van der Waals surface area contributed by atoms with E-state index < -0.39 is 8.07 Å². The average Bonchev–Trinajstić information content (AvgIpc) is 4.23. The van der Waals surface area contributed by atoms with Gasteiger partial charge in [-0.25, -0.2) is 0 Å². The Morgan fingerprint density at radius 3 is 0.938 bits per heavy atom. The number of hydrogen-bond donors (Lipinski definition) is 0. The van der Waals surface area contributed by atoms with Crippen LogP contribution in [0.15, 0.2) is 291 Å². The minimum atomic E-state index is -2.30. The lowest BCUT2D eigenvalue weighted by Gasteiger charge is -2.31. The highest BCUT2D eigenvalue weighted by molar-refractivity contribution is 7.01. The Labute approximate surface area is 475 Å². The van der Waals surface area contributed by atoms with E-state index >= 15 is 0 Å². The summed E-state index contributed by atoms with van der Waals surface area (Å²) in [4.78, 5) is 4.87. The molecule has 0 saturated carbocycles. The van der Waals surface area contributed by atoms with Gasteiger partial charge in [-0.3, -0.25) is 0 Å². The predicted octanol–water partition coefficient (Wildman–Crippen LogP) is 19.6. The van der Waals surface area contributed by atoms with Gasteiger partial charge in [0.05, 0.1) is 22.1 Å². The molecule has 0 bridgehead atoms. The lowest BCUT2D eigenvalue weighted by atomic mass is 10.0. The predicted molar refractivity (Wildman–Crippen MR) is 348 cm³/mol. The zero-order valence-corrected chi connectivity index (χ0v) is 47.0. The van der Waals surface area contributed by atoms with E-state index in [1.54, 1.807) is 0 Å². The summed E-state index contributed by atoms with van der Waals surface area (Å²) < 4.78 is 4.78. The van der Waals surface area contributed by atoms with E-state index in [1.165, 1.54) is 87.4 Å². The molecule has 2 heterocycles. The van der Waals surface area contributed by atoms with E-state index in [1.807, 2.05) is 0 Å². The van der Waals surface area contributed by atoms with Crippen molar-refractivity contribution in [3.8, 4) is 33.6 Å². The molecule has 0 radical (unpaired) electrons. The first-order valence-electron chi connectivity index (χ1n) is 28.1. The van der Waals surface area contributed by atoms with Gasteiger partial charge in [-0.2, -0.15) is 0 Å². The van der Waals surface area contributed by atoms with Crippen molar-refractivity contribution < 1.29 is 0 Å². The summed E-state index contributed by atoms with van der Waals surface area (Å²) in [6.45, 7) is 9.67. The van der Waals surface area contributed by atoms with Gasteiger partial charge in [-0.05, 0) is 169 Å². The summed E-state index contributed by atoms with van der Waals surface area (Å²) in [7, 11) is -2.30. The van der Waals surface area contributed by atoms with Crippen LogP contribution in [0.25, 0.3) is 77.2 Å². The van der Waals surface area contributed by atoms with Crippen LogP contribution in [0.1, 0.15) is 11.1 Å². The second-order valence-electron chi connectivity index (χ2n) is 21.9. The molecule has 388 valence electrons. The molecule has 4 nitrogen and oxygen atoms in total. The quantitative estimate of drug-likeness (QED) is 0.113. The van der Waals surface area contributed by atoms with Gasteiger partial charge in [-0.15, -0.1) is 0 Å². The number of nitrogens with zero attached hydrogens (tertiary/aromatic N) is 4. The molecule has 0 aliphatic heterocycles. The summed E-state index contributed by atoms with van der Waals surface area (Å²) >= 11 is 0. The average molecular weight is 1060 g/mol. The standard InChI is InChI=1S/C76H60N4Si/c1-53-49-63(77(61-37-33-57(34-38-61)55-21-9-5-10-22-55)65-41-45-73-69(51-65)67-29-17-19-31-71(67)79(73)59-25-13-7-14-26-59)43-47-75(53)81(3,4)76-48-44-64(50-54(76)2)78(62-39-35-58(36-40-62)56-23-11-6-12-24-56)66-42-46-74-70(52-66)68-30-18-20-32-72(68)80(74)60-27-15-8-16-28-60/h5-52H,1-4H3. The van der Waals surface area contributed by atoms with Gasteiger partial charge >= 0.3 is 0 Å². The molecule has 5 heteroatoms. The number of para-hydroxylation sites is 4. The minimum absolute atomic E-state index is 1.11. The van der Waals surface area contributed by atoms with Crippen molar-refractivity contribution in [2.24, 2.45) is 0 Å². The third-order valence-electron chi connectivity index (χ3n) is 16.6. The first-order valence-corrected chi connectivity index (χ1v) is 31.1. The summed E-state index contributed by atoms with van der Waals surface area (Å²) in [6.07, 6.45) is 0. The van der Waals surface area contributed by atoms with Crippen LogP contribution in [0.2, 0.25) is 13.1 Å². The number of benzene rings is 12. The molecule has 0 unspecified atom stereocenters. The molecule has 14 rings (SSSR count). The smallest absolute Gasteiger partial charge is 0.112 e. The lowest BCUT2D eigenvalue weighted by Crippen LogP contribution is -2.54. The molecule has 0 aliphatic carbocycles. The Balaban J connectivity index is 0.853. The molecule has 0 atom stereocenters. The Kier molecular flexibility index (Phi) is 12.4. The molecule has 0 saturated heterocycles. The van der Waals surface area contributed by atoms with E-state index in [0.717, 1.165) is 45.5 Å². The van der Waals surface area contributed by atoms with Gasteiger partial charge in [0.25, 0.3) is 0 Å². The maximum absolute atomic E-state index is 2.52. The van der Waals surface area contributed by atoms with Crippen LogP contribution in [0, 0.1) is 13.8 Å². The van der Waals surface area contributed by atoms with Gasteiger partial charge in [0, 0.05) is 67.0 Å². The minimum Gasteiger partial charge on any atom is -0.310 e. The van der Waals surface area contributed by atoms with Crippen LogP contribution in [-0.4, -0.2) is 17.2 Å². The van der Waals surface area contributed by atoms with Crippen molar-refractivity contribution in [1.29, 1.82) is 0 Å². The van der Waals surface area contributed by atoms with Gasteiger partial charge in [-0.1, -0.05) is 193 Å². The van der Waals surface area contributed by atoms with Crippen LogP contribution in [0.5, 0.6) is 0 Å². The van der Waals surface area contributed by atoms with E-state index in [-0.39, 0.29) is 0 Å². The first kappa shape index (κ1) is 49.4. The number of hydrogen-bond acceptors (Lipinski definition) is 2. The number of anilines is 6. The number of rotatable bonds is 12. The fourth-order valence-electron chi connectivity index (χ4n) is 12.8. The van der Waals surface area contributed by atoms with Crippen LogP contribution >= 0.6 is 0 Å². The van der Waals surface area contributed by atoms with Crippen molar-refractivity contribution >= 4 is 96.2 Å². The highest BCUT2D eigenvalue weighted by Gasteiger charge is 2.31. The van der Waals surface area contributed by atoms with Crippen LogP contribution in [0.3, 0.4) is 0 Å². The Morgan fingerprint density at radius 1 is 0.259 bits per heavy atom. The molecule has 2 aromatic heterocycles. The maximum Gasteiger partial charge on any atom is 0.112 e. The zero-order valence-electron chi connectivity index (χ0n) is 46.0. The van der Waals surface area contributed by atoms with Crippen LogP contribution in [-0.2, 0) is 0 Å². The Bertz CT molecular complexity index is 4310. The third-order valence-corrected chi connectivity index (χ3v) is 20.4. The fraction of sp³-hybridized carbons (Fsp3) is 0.0526. The van der Waals surface area contributed by atoms with Gasteiger partial charge in [0.2, 0.25) is 0 Å². The molecule has 0 amide bonds. The van der Waals surface area contributed by atoms with Crippen molar-refractivity contribution in [2.45, 2.75) is 26.9 Å². The Morgan fingerprint density at radius 2 is 0.556 bits per heavy atom. The summed E-state index contributed by atoms with van der Waals surface area (Å²) in [5, 5.41) is 7.76. The van der Waals surface area contributed by atoms with Crippen LogP contribution in [0.4, 0.5) is 34.1 Å². The fourth-order valence-corrected chi connectivity index (χ4v) is 16.2. The lowest BCUT2D eigenvalue weighted by molar-refractivity contribution is 1.18. The molecular weight excluding hydrogens is 997 g/mol. The number of aromatic nitrogens is 2. The molecule has 0 N–H and O–H groups in total. The molecule has 81 heavy (non-hydrogen) atoms. The summed E-state index contributed by atoms with van der Waals surface area (Å²) in [6, 6.07) is 107. The van der Waals surface area contributed by atoms with E-state index in [0.29, 0.717) is 0 Å². The number of fused-ring (bicyclic) bond motifs is 6. The summed E-state index contributed by atoms with van der Waals surface area (Å²) in [5.74, 6) is 0. The van der Waals surface area contributed by atoms with E-state index in [2.05, 4.69) is 337 Å². The normalized spacial score (nSPS) is 11.7. The third kappa shape index (κ3) is 8.80. The van der Waals surface area contributed by atoms with Crippen molar-refractivity contribution in [3.63, 3.8) is 0 Å². The largest absolute Gasteiger partial charge is 0.310 e. The molecule has 14 aromatic rings. The Hall–Kier alpha value is -9.94. The molecular formula is C76H60N4Si. The number of aryl methyl sites for hydroxylation is 2. The molecule has 0 aliphatic rings. The van der Waals surface area contributed by atoms with Crippen LogP contribution < -0.4 is 20.2 Å². The molecule has 12 aromatic carbocycles. The molecule has 0 spiro atoms. The topological polar surface area (TPSA) is 16.3 Å². The van der Waals surface area contributed by atoms with Gasteiger partial charge in [0.15, 0.2) is 0 Å². The molecule has 0 fully saturated rings. The second kappa shape index (κ2) is 20.4. The highest BCUT2D eigenvalue weighted by Crippen LogP contribution is 2.43. The monoisotopic (exact) mass is 1060 g/mol. The highest BCUT2D eigenvalue weighted by atomic mass is 28.3. The maximum atomic E-state index is 2.52.